The number of carbonyl (C=O) groups is 1. The zero-order valence-corrected chi connectivity index (χ0v) is 11.3. The minimum absolute atomic E-state index is 0.178. The van der Waals surface area contributed by atoms with Crippen LogP contribution in [-0.4, -0.2) is 17.4 Å². The molecule has 0 heterocycles. The van der Waals surface area contributed by atoms with Crippen LogP contribution in [0.25, 0.3) is 0 Å². The third-order valence-corrected chi connectivity index (χ3v) is 3.17. The molecule has 1 aromatic carbocycles. The number of hydrogen-bond acceptors (Lipinski definition) is 2. The smallest absolute Gasteiger partial charge is 0.229 e. The Morgan fingerprint density at radius 3 is 2.78 bits per heavy atom. The molecule has 0 aliphatic carbocycles. The highest BCUT2D eigenvalue weighted by Crippen LogP contribution is 2.10. The number of carbonyl (C=O) groups excluding carboxylic acids is 1. The molecule has 0 saturated heterocycles. The van der Waals surface area contributed by atoms with E-state index in [1.54, 1.807) is 13.0 Å². The average Bonchev–Trinajstić information content (AvgIpc) is 2.30. The van der Waals surface area contributed by atoms with Crippen molar-refractivity contribution >= 4 is 23.1 Å². The minimum Gasteiger partial charge on any atom is -0.393 e. The number of rotatable bonds is 5. The van der Waals surface area contributed by atoms with E-state index in [0.29, 0.717) is 13.0 Å². The largest absolute Gasteiger partial charge is 0.393 e. The van der Waals surface area contributed by atoms with Gasteiger partial charge in [-0.1, -0.05) is 18.3 Å². The summed E-state index contributed by atoms with van der Waals surface area (Å²) >= 11 is 4.75. The number of amides is 1. The third-order valence-electron chi connectivity index (χ3n) is 2.82. The van der Waals surface area contributed by atoms with Crippen LogP contribution in [0, 0.1) is 18.7 Å². The first-order valence-corrected chi connectivity index (χ1v) is 6.14. The summed E-state index contributed by atoms with van der Waals surface area (Å²) < 4.78 is 12.9. The van der Waals surface area contributed by atoms with E-state index in [9.17, 15) is 9.18 Å². The summed E-state index contributed by atoms with van der Waals surface area (Å²) in [6.45, 7) is 4.00. The van der Waals surface area contributed by atoms with E-state index in [0.717, 1.165) is 11.1 Å². The van der Waals surface area contributed by atoms with E-state index in [4.69, 9.17) is 18.0 Å². The summed E-state index contributed by atoms with van der Waals surface area (Å²) in [6, 6.07) is 4.63. The van der Waals surface area contributed by atoms with Crippen molar-refractivity contribution in [3.8, 4) is 0 Å². The third kappa shape index (κ3) is 4.07. The van der Waals surface area contributed by atoms with Gasteiger partial charge in [-0.15, -0.1) is 0 Å². The Morgan fingerprint density at radius 2 is 2.22 bits per heavy atom. The maximum Gasteiger partial charge on any atom is 0.229 e. The molecular formula is C13H17FN2OS. The molecule has 3 nitrogen and oxygen atoms in total. The summed E-state index contributed by atoms with van der Waals surface area (Å²) in [5.74, 6) is -0.890. The van der Waals surface area contributed by atoms with Gasteiger partial charge in [0.15, 0.2) is 0 Å². The fourth-order valence-corrected chi connectivity index (χ4v) is 1.65. The van der Waals surface area contributed by atoms with Crippen LogP contribution >= 0.6 is 12.2 Å². The fourth-order valence-electron chi connectivity index (χ4n) is 1.54. The lowest BCUT2D eigenvalue weighted by atomic mass is 10.1. The zero-order chi connectivity index (χ0) is 13.7. The summed E-state index contributed by atoms with van der Waals surface area (Å²) in [4.78, 5) is 11.8. The highest BCUT2D eigenvalue weighted by Gasteiger charge is 2.14. The standard InChI is InChI=1S/C13H17FN2OS/c1-8-7-11(14)4-3-10(8)5-6-16-13(17)9(2)12(15)18/h3-4,7,9H,5-6H2,1-2H3,(H2,15,18)(H,16,17). The van der Waals surface area contributed by atoms with Crippen LogP contribution in [0.4, 0.5) is 4.39 Å². The van der Waals surface area contributed by atoms with Gasteiger partial charge in [-0.2, -0.15) is 0 Å². The van der Waals surface area contributed by atoms with E-state index in [1.165, 1.54) is 12.1 Å². The molecular weight excluding hydrogens is 251 g/mol. The Morgan fingerprint density at radius 1 is 1.56 bits per heavy atom. The first-order chi connectivity index (χ1) is 8.41. The number of hydrogen-bond donors (Lipinski definition) is 2. The monoisotopic (exact) mass is 268 g/mol. The number of benzene rings is 1. The fraction of sp³-hybridized carbons (Fsp3) is 0.385. The molecule has 0 saturated carbocycles. The Hall–Kier alpha value is -1.49. The normalized spacial score (nSPS) is 11.9. The molecule has 0 aromatic heterocycles. The highest BCUT2D eigenvalue weighted by molar-refractivity contribution is 7.80. The highest BCUT2D eigenvalue weighted by atomic mass is 32.1. The molecule has 1 aromatic rings. The maximum absolute atomic E-state index is 12.9. The summed E-state index contributed by atoms with van der Waals surface area (Å²) in [7, 11) is 0. The number of halogens is 1. The molecule has 0 radical (unpaired) electrons. The Bertz CT molecular complexity index is 462. The molecule has 0 bridgehead atoms. The van der Waals surface area contributed by atoms with Crippen molar-refractivity contribution in [3.05, 3.63) is 35.1 Å². The minimum atomic E-state index is -0.464. The van der Waals surface area contributed by atoms with E-state index in [1.807, 2.05) is 6.92 Å². The van der Waals surface area contributed by atoms with Crippen molar-refractivity contribution in [2.75, 3.05) is 6.54 Å². The Kier molecular flexibility index (Phi) is 5.22. The van der Waals surface area contributed by atoms with Crippen LogP contribution in [0.1, 0.15) is 18.1 Å². The SMILES string of the molecule is Cc1cc(F)ccc1CCNC(=O)C(C)C(N)=S. The predicted molar refractivity (Wildman–Crippen MR) is 73.8 cm³/mol. The van der Waals surface area contributed by atoms with Gasteiger partial charge >= 0.3 is 0 Å². The van der Waals surface area contributed by atoms with Gasteiger partial charge in [0, 0.05) is 6.54 Å². The van der Waals surface area contributed by atoms with Crippen LogP contribution in [0.5, 0.6) is 0 Å². The van der Waals surface area contributed by atoms with Crippen LogP contribution < -0.4 is 11.1 Å². The second-order valence-corrected chi connectivity index (χ2v) is 4.71. The molecule has 0 aliphatic heterocycles. The predicted octanol–water partition coefficient (Wildman–Crippen LogP) is 1.72. The lowest BCUT2D eigenvalue weighted by molar-refractivity contribution is -0.122. The first-order valence-electron chi connectivity index (χ1n) is 5.74. The van der Waals surface area contributed by atoms with Gasteiger partial charge in [-0.25, -0.2) is 4.39 Å². The molecule has 1 rings (SSSR count). The van der Waals surface area contributed by atoms with Crippen molar-refractivity contribution in [1.29, 1.82) is 0 Å². The van der Waals surface area contributed by atoms with E-state index < -0.39 is 5.92 Å². The van der Waals surface area contributed by atoms with Gasteiger partial charge in [0.25, 0.3) is 0 Å². The first kappa shape index (κ1) is 14.6. The molecule has 1 atom stereocenters. The number of thiocarbonyl (C=S) groups is 1. The van der Waals surface area contributed by atoms with Crippen LogP contribution in [0.3, 0.4) is 0 Å². The van der Waals surface area contributed by atoms with Crippen LogP contribution in [0.15, 0.2) is 18.2 Å². The summed E-state index contributed by atoms with van der Waals surface area (Å²) in [5, 5.41) is 2.75. The van der Waals surface area contributed by atoms with Crippen molar-refractivity contribution < 1.29 is 9.18 Å². The summed E-state index contributed by atoms with van der Waals surface area (Å²) in [6.07, 6.45) is 0.655. The number of aryl methyl sites for hydroxylation is 1. The maximum atomic E-state index is 12.9. The molecule has 0 aliphatic rings. The molecule has 0 spiro atoms. The van der Waals surface area contributed by atoms with Gasteiger partial charge in [0.1, 0.15) is 5.82 Å². The Balaban J connectivity index is 2.47. The van der Waals surface area contributed by atoms with Crippen molar-refractivity contribution in [2.24, 2.45) is 11.7 Å². The van der Waals surface area contributed by atoms with Crippen LogP contribution in [0.2, 0.25) is 0 Å². The van der Waals surface area contributed by atoms with Gasteiger partial charge < -0.3 is 11.1 Å². The molecule has 18 heavy (non-hydrogen) atoms. The van der Waals surface area contributed by atoms with Gasteiger partial charge in [0.05, 0.1) is 10.9 Å². The van der Waals surface area contributed by atoms with Crippen molar-refractivity contribution in [1.82, 2.24) is 5.32 Å². The lowest BCUT2D eigenvalue weighted by Crippen LogP contribution is -2.37. The van der Waals surface area contributed by atoms with E-state index in [-0.39, 0.29) is 16.7 Å². The molecule has 5 heteroatoms. The van der Waals surface area contributed by atoms with E-state index in [2.05, 4.69) is 5.32 Å². The van der Waals surface area contributed by atoms with Gasteiger partial charge in [0.2, 0.25) is 5.91 Å². The summed E-state index contributed by atoms with van der Waals surface area (Å²) in [5.41, 5.74) is 7.28. The molecule has 1 unspecified atom stereocenters. The lowest BCUT2D eigenvalue weighted by Gasteiger charge is -2.11. The zero-order valence-electron chi connectivity index (χ0n) is 10.5. The molecule has 98 valence electrons. The van der Waals surface area contributed by atoms with Crippen LogP contribution in [-0.2, 0) is 11.2 Å². The Labute approximate surface area is 112 Å². The molecule has 0 fully saturated rings. The average molecular weight is 268 g/mol. The van der Waals surface area contributed by atoms with E-state index >= 15 is 0 Å². The second kappa shape index (κ2) is 6.44. The molecule has 3 N–H and O–H groups in total. The quantitative estimate of drug-likeness (QED) is 0.799. The van der Waals surface area contributed by atoms with Crippen molar-refractivity contribution in [3.63, 3.8) is 0 Å². The number of nitrogens with one attached hydrogen (secondary N) is 1. The molecule has 1 amide bonds. The topological polar surface area (TPSA) is 55.1 Å². The second-order valence-electron chi connectivity index (χ2n) is 4.24. The van der Waals surface area contributed by atoms with Gasteiger partial charge in [-0.05, 0) is 43.5 Å². The van der Waals surface area contributed by atoms with Gasteiger partial charge in [-0.3, -0.25) is 4.79 Å². The van der Waals surface area contributed by atoms with Crippen molar-refractivity contribution in [2.45, 2.75) is 20.3 Å². The number of nitrogens with two attached hydrogens (primary N) is 1.